The third-order valence-electron chi connectivity index (χ3n) is 5.07. The summed E-state index contributed by atoms with van der Waals surface area (Å²) in [5, 5.41) is 5.07. The van der Waals surface area contributed by atoms with Gasteiger partial charge >= 0.3 is 0 Å². The molecular weight excluding hydrogens is 258 g/mol. The van der Waals surface area contributed by atoms with Crippen LogP contribution in [0.5, 0.6) is 0 Å². The van der Waals surface area contributed by atoms with E-state index in [1.54, 1.807) is 0 Å². The fraction of sp³-hybridized carbons (Fsp3) is 0.556. The highest BCUT2D eigenvalue weighted by Crippen LogP contribution is 2.24. The Balaban J connectivity index is 1.63. The Morgan fingerprint density at radius 3 is 2.57 bits per heavy atom. The van der Waals surface area contributed by atoms with Gasteiger partial charge in [0.2, 0.25) is 0 Å². The van der Waals surface area contributed by atoms with E-state index in [4.69, 9.17) is 0 Å². The third kappa shape index (κ3) is 2.99. The van der Waals surface area contributed by atoms with Crippen molar-refractivity contribution in [3.05, 3.63) is 35.5 Å². The molecule has 2 aromatic rings. The van der Waals surface area contributed by atoms with E-state index in [9.17, 15) is 0 Å². The molecule has 3 nitrogen and oxygen atoms in total. The molecule has 1 aromatic heterocycles. The first-order valence-corrected chi connectivity index (χ1v) is 8.09. The van der Waals surface area contributed by atoms with Crippen LogP contribution in [0.3, 0.4) is 0 Å². The van der Waals surface area contributed by atoms with Crippen LogP contribution >= 0.6 is 0 Å². The highest BCUT2D eigenvalue weighted by atomic mass is 15.1. The van der Waals surface area contributed by atoms with E-state index in [0.717, 1.165) is 19.0 Å². The molecule has 1 saturated heterocycles. The van der Waals surface area contributed by atoms with Gasteiger partial charge in [-0.25, -0.2) is 0 Å². The summed E-state index contributed by atoms with van der Waals surface area (Å²) < 4.78 is 2.34. The van der Waals surface area contributed by atoms with Gasteiger partial charge < -0.3 is 14.8 Å². The molecule has 114 valence electrons. The lowest BCUT2D eigenvalue weighted by atomic mass is 9.97. The van der Waals surface area contributed by atoms with Crippen LogP contribution in [-0.4, -0.2) is 36.1 Å². The number of rotatable bonds is 4. The SMILES string of the molecule is Cc1c(CNCC2CCN(C)CC2)n(C)c2ccccc12. The summed E-state index contributed by atoms with van der Waals surface area (Å²) in [6, 6.07) is 8.69. The standard InChI is InChI=1S/C18H27N3/c1-14-16-6-4-5-7-17(16)21(3)18(14)13-19-12-15-8-10-20(2)11-9-15/h4-7,15,19H,8-13H2,1-3H3. The predicted octanol–water partition coefficient (Wildman–Crippen LogP) is 2.92. The number of aryl methyl sites for hydroxylation is 2. The Labute approximate surface area is 127 Å². The number of piperidine rings is 1. The second-order valence-corrected chi connectivity index (χ2v) is 6.53. The van der Waals surface area contributed by atoms with Crippen LogP contribution in [0.2, 0.25) is 0 Å². The first kappa shape index (κ1) is 14.6. The number of nitrogens with zero attached hydrogens (tertiary/aromatic N) is 2. The molecule has 3 rings (SSSR count). The Kier molecular flexibility index (Phi) is 4.32. The van der Waals surface area contributed by atoms with Crippen LogP contribution in [0.1, 0.15) is 24.1 Å². The maximum atomic E-state index is 3.69. The van der Waals surface area contributed by atoms with Crippen LogP contribution in [0.25, 0.3) is 10.9 Å². The third-order valence-corrected chi connectivity index (χ3v) is 5.07. The van der Waals surface area contributed by atoms with E-state index in [-0.39, 0.29) is 0 Å². The van der Waals surface area contributed by atoms with Gasteiger partial charge in [0.25, 0.3) is 0 Å². The summed E-state index contributed by atoms with van der Waals surface area (Å²) >= 11 is 0. The number of likely N-dealkylation sites (tertiary alicyclic amines) is 1. The highest BCUT2D eigenvalue weighted by molar-refractivity contribution is 5.85. The fourth-order valence-corrected chi connectivity index (χ4v) is 3.55. The monoisotopic (exact) mass is 285 g/mol. The lowest BCUT2D eigenvalue weighted by Gasteiger charge is -2.29. The van der Waals surface area contributed by atoms with Crippen molar-refractivity contribution in [1.29, 1.82) is 0 Å². The Morgan fingerprint density at radius 1 is 1.14 bits per heavy atom. The number of benzene rings is 1. The Hall–Kier alpha value is -1.32. The molecule has 1 aliphatic heterocycles. The average molecular weight is 285 g/mol. The summed E-state index contributed by atoms with van der Waals surface area (Å²) in [5.41, 5.74) is 4.18. The van der Waals surface area contributed by atoms with Gasteiger partial charge in [0.15, 0.2) is 0 Å². The molecule has 0 unspecified atom stereocenters. The minimum absolute atomic E-state index is 0.844. The van der Waals surface area contributed by atoms with Gasteiger partial charge in [0, 0.05) is 30.2 Å². The van der Waals surface area contributed by atoms with Crippen molar-refractivity contribution in [2.75, 3.05) is 26.7 Å². The number of fused-ring (bicyclic) bond motifs is 1. The number of para-hydroxylation sites is 1. The summed E-state index contributed by atoms with van der Waals surface area (Å²) in [4.78, 5) is 2.44. The molecule has 0 atom stereocenters. The van der Waals surface area contributed by atoms with Crippen LogP contribution in [-0.2, 0) is 13.6 Å². The maximum Gasteiger partial charge on any atom is 0.0483 e. The van der Waals surface area contributed by atoms with Gasteiger partial charge in [0.05, 0.1) is 0 Å². The van der Waals surface area contributed by atoms with Crippen LogP contribution in [0, 0.1) is 12.8 Å². The van der Waals surface area contributed by atoms with Crippen molar-refractivity contribution in [2.24, 2.45) is 13.0 Å². The Bertz CT molecular complexity index is 567. The van der Waals surface area contributed by atoms with E-state index in [0.29, 0.717) is 0 Å². The molecule has 1 aromatic carbocycles. The molecule has 0 saturated carbocycles. The minimum Gasteiger partial charge on any atom is -0.346 e. The van der Waals surface area contributed by atoms with Gasteiger partial charge in [-0.3, -0.25) is 0 Å². The zero-order chi connectivity index (χ0) is 14.8. The van der Waals surface area contributed by atoms with E-state index < -0.39 is 0 Å². The van der Waals surface area contributed by atoms with Gasteiger partial charge in [-0.05, 0) is 64.0 Å². The number of aromatic nitrogens is 1. The smallest absolute Gasteiger partial charge is 0.0483 e. The zero-order valence-corrected chi connectivity index (χ0v) is 13.5. The van der Waals surface area contributed by atoms with Crippen molar-refractivity contribution in [3.63, 3.8) is 0 Å². The molecule has 0 aliphatic carbocycles. The van der Waals surface area contributed by atoms with E-state index in [1.807, 2.05) is 0 Å². The first-order chi connectivity index (χ1) is 10.2. The quantitative estimate of drug-likeness (QED) is 0.932. The van der Waals surface area contributed by atoms with E-state index in [1.165, 1.54) is 48.1 Å². The van der Waals surface area contributed by atoms with Crippen molar-refractivity contribution in [1.82, 2.24) is 14.8 Å². The average Bonchev–Trinajstić information content (AvgIpc) is 2.75. The van der Waals surface area contributed by atoms with E-state index in [2.05, 4.69) is 60.1 Å². The second-order valence-electron chi connectivity index (χ2n) is 6.53. The summed E-state index contributed by atoms with van der Waals surface area (Å²) in [6.45, 7) is 6.87. The summed E-state index contributed by atoms with van der Waals surface area (Å²) in [5.74, 6) is 0.844. The molecule has 0 radical (unpaired) electrons. The van der Waals surface area contributed by atoms with Crippen LogP contribution in [0.15, 0.2) is 24.3 Å². The van der Waals surface area contributed by atoms with Gasteiger partial charge in [-0.1, -0.05) is 18.2 Å². The molecule has 3 heteroatoms. The molecule has 1 aliphatic rings. The number of hydrogen-bond acceptors (Lipinski definition) is 2. The van der Waals surface area contributed by atoms with Crippen LogP contribution in [0.4, 0.5) is 0 Å². The van der Waals surface area contributed by atoms with Crippen molar-refractivity contribution < 1.29 is 0 Å². The highest BCUT2D eigenvalue weighted by Gasteiger charge is 2.17. The first-order valence-electron chi connectivity index (χ1n) is 8.09. The van der Waals surface area contributed by atoms with Gasteiger partial charge in [-0.15, -0.1) is 0 Å². The normalized spacial score (nSPS) is 17.7. The zero-order valence-electron chi connectivity index (χ0n) is 13.5. The van der Waals surface area contributed by atoms with E-state index >= 15 is 0 Å². The molecule has 0 amide bonds. The van der Waals surface area contributed by atoms with Crippen LogP contribution < -0.4 is 5.32 Å². The second kappa shape index (κ2) is 6.20. The molecule has 0 spiro atoms. The molecule has 1 fully saturated rings. The number of hydrogen-bond donors (Lipinski definition) is 1. The van der Waals surface area contributed by atoms with Crippen molar-refractivity contribution >= 4 is 10.9 Å². The lowest BCUT2D eigenvalue weighted by Crippen LogP contribution is -2.35. The van der Waals surface area contributed by atoms with Crippen molar-refractivity contribution in [3.8, 4) is 0 Å². The number of nitrogens with one attached hydrogen (secondary N) is 1. The molecule has 1 N–H and O–H groups in total. The van der Waals surface area contributed by atoms with Crippen molar-refractivity contribution in [2.45, 2.75) is 26.3 Å². The molecule has 0 bridgehead atoms. The maximum absolute atomic E-state index is 3.69. The molecule has 21 heavy (non-hydrogen) atoms. The lowest BCUT2D eigenvalue weighted by molar-refractivity contribution is 0.215. The minimum atomic E-state index is 0.844. The van der Waals surface area contributed by atoms with Gasteiger partial charge in [0.1, 0.15) is 0 Å². The largest absolute Gasteiger partial charge is 0.346 e. The summed E-state index contributed by atoms with van der Waals surface area (Å²) in [7, 11) is 4.41. The predicted molar refractivity (Wildman–Crippen MR) is 89.6 cm³/mol. The Morgan fingerprint density at radius 2 is 1.86 bits per heavy atom. The molecule has 2 heterocycles. The van der Waals surface area contributed by atoms with Gasteiger partial charge in [-0.2, -0.15) is 0 Å². The summed E-state index contributed by atoms with van der Waals surface area (Å²) in [6.07, 6.45) is 2.66. The fourth-order valence-electron chi connectivity index (χ4n) is 3.55. The topological polar surface area (TPSA) is 20.2 Å². The molecular formula is C18H27N3.